The monoisotopic (exact) mass is 264 g/mol. The van der Waals surface area contributed by atoms with Gasteiger partial charge in [0, 0.05) is 31.5 Å². The molecule has 0 aromatic heterocycles. The lowest BCUT2D eigenvalue weighted by Crippen LogP contribution is -2.44. The molecule has 2 atom stereocenters. The van der Waals surface area contributed by atoms with Crippen LogP contribution in [0.25, 0.3) is 0 Å². The molecule has 0 amide bonds. The van der Waals surface area contributed by atoms with Gasteiger partial charge in [0.1, 0.15) is 4.99 Å². The Kier molecular flexibility index (Phi) is 4.19. The van der Waals surface area contributed by atoms with E-state index in [2.05, 4.69) is 17.9 Å². The molecule has 1 aromatic carbocycles. The van der Waals surface area contributed by atoms with Crippen molar-refractivity contribution < 1.29 is 4.74 Å². The van der Waals surface area contributed by atoms with Gasteiger partial charge in [-0.15, -0.1) is 0 Å². The van der Waals surface area contributed by atoms with Crippen LogP contribution in [0.15, 0.2) is 24.3 Å². The molecule has 0 bridgehead atoms. The Morgan fingerprint density at radius 3 is 2.83 bits per heavy atom. The van der Waals surface area contributed by atoms with E-state index in [4.69, 9.17) is 22.7 Å². The molecule has 98 valence electrons. The number of anilines is 1. The zero-order valence-electron chi connectivity index (χ0n) is 10.9. The number of nitrogens with zero attached hydrogens (tertiary/aromatic N) is 1. The summed E-state index contributed by atoms with van der Waals surface area (Å²) < 4.78 is 5.55. The fraction of sp³-hybridized carbons (Fsp3) is 0.500. The van der Waals surface area contributed by atoms with E-state index in [1.807, 2.05) is 18.2 Å². The number of para-hydroxylation sites is 1. The Hall–Kier alpha value is -1.13. The van der Waals surface area contributed by atoms with Crippen LogP contribution in [0.5, 0.6) is 0 Å². The largest absolute Gasteiger partial charge is 0.389 e. The highest BCUT2D eigenvalue weighted by Gasteiger charge is 2.27. The van der Waals surface area contributed by atoms with Crippen LogP contribution in [0.2, 0.25) is 0 Å². The highest BCUT2D eigenvalue weighted by atomic mass is 32.1. The number of nitrogens with two attached hydrogens (primary N) is 1. The first-order chi connectivity index (χ1) is 8.63. The second kappa shape index (κ2) is 5.67. The van der Waals surface area contributed by atoms with Crippen LogP contribution >= 0.6 is 12.2 Å². The number of methoxy groups -OCH3 is 1. The number of hydrogen-bond donors (Lipinski definition) is 1. The van der Waals surface area contributed by atoms with E-state index in [0.717, 1.165) is 30.8 Å². The van der Waals surface area contributed by atoms with E-state index in [1.165, 1.54) is 0 Å². The van der Waals surface area contributed by atoms with Gasteiger partial charge in [-0.3, -0.25) is 0 Å². The van der Waals surface area contributed by atoms with Crippen molar-refractivity contribution in [3.8, 4) is 0 Å². The van der Waals surface area contributed by atoms with E-state index in [1.54, 1.807) is 7.11 Å². The van der Waals surface area contributed by atoms with E-state index >= 15 is 0 Å². The molecule has 1 aliphatic rings. The van der Waals surface area contributed by atoms with Gasteiger partial charge in [0.15, 0.2) is 0 Å². The van der Waals surface area contributed by atoms with Crippen molar-refractivity contribution in [3.05, 3.63) is 29.8 Å². The molecular weight excluding hydrogens is 244 g/mol. The Morgan fingerprint density at radius 2 is 2.17 bits per heavy atom. The minimum absolute atomic E-state index is 0.276. The van der Waals surface area contributed by atoms with Crippen LogP contribution in [0, 0.1) is 5.92 Å². The number of thiocarbonyl (C=S) groups is 1. The normalized spacial score (nSPS) is 24.0. The fourth-order valence-electron chi connectivity index (χ4n) is 2.52. The summed E-state index contributed by atoms with van der Waals surface area (Å²) in [6.07, 6.45) is 1.41. The highest BCUT2D eigenvalue weighted by Crippen LogP contribution is 2.27. The third-order valence-corrected chi connectivity index (χ3v) is 3.92. The molecular formula is C14H20N2OS. The molecule has 1 aliphatic heterocycles. The quantitative estimate of drug-likeness (QED) is 0.849. The average Bonchev–Trinajstić information content (AvgIpc) is 2.39. The Labute approximate surface area is 114 Å². The van der Waals surface area contributed by atoms with E-state index in [-0.39, 0.29) is 6.10 Å². The van der Waals surface area contributed by atoms with Crippen molar-refractivity contribution in [1.29, 1.82) is 0 Å². The maximum atomic E-state index is 5.79. The van der Waals surface area contributed by atoms with Gasteiger partial charge in [-0.25, -0.2) is 0 Å². The van der Waals surface area contributed by atoms with E-state index < -0.39 is 0 Å². The van der Waals surface area contributed by atoms with Crippen LogP contribution < -0.4 is 10.6 Å². The first-order valence-corrected chi connectivity index (χ1v) is 6.71. The second-order valence-corrected chi connectivity index (χ2v) is 5.31. The van der Waals surface area contributed by atoms with Gasteiger partial charge < -0.3 is 15.4 Å². The molecule has 4 heteroatoms. The van der Waals surface area contributed by atoms with Crippen molar-refractivity contribution >= 4 is 22.9 Å². The summed E-state index contributed by atoms with van der Waals surface area (Å²) in [5, 5.41) is 0. The minimum Gasteiger partial charge on any atom is -0.389 e. The van der Waals surface area contributed by atoms with Crippen LogP contribution in [-0.4, -0.2) is 31.3 Å². The maximum Gasteiger partial charge on any atom is 0.106 e. The smallest absolute Gasteiger partial charge is 0.106 e. The molecule has 0 spiro atoms. The third kappa shape index (κ3) is 2.65. The molecule has 1 heterocycles. The van der Waals surface area contributed by atoms with Crippen LogP contribution in [0.1, 0.15) is 18.9 Å². The van der Waals surface area contributed by atoms with Gasteiger partial charge in [-0.05, 0) is 24.5 Å². The van der Waals surface area contributed by atoms with Crippen LogP contribution in [0.4, 0.5) is 5.69 Å². The lowest BCUT2D eigenvalue weighted by atomic mass is 9.95. The topological polar surface area (TPSA) is 38.5 Å². The number of benzene rings is 1. The van der Waals surface area contributed by atoms with E-state index in [9.17, 15) is 0 Å². The molecule has 0 aliphatic carbocycles. The van der Waals surface area contributed by atoms with Crippen molar-refractivity contribution in [3.63, 3.8) is 0 Å². The predicted octanol–water partition coefficient (Wildman–Crippen LogP) is 2.18. The predicted molar refractivity (Wildman–Crippen MR) is 79.1 cm³/mol. The summed E-state index contributed by atoms with van der Waals surface area (Å²) in [6, 6.07) is 8.06. The Morgan fingerprint density at radius 1 is 1.44 bits per heavy atom. The molecule has 2 rings (SSSR count). The average molecular weight is 264 g/mol. The summed E-state index contributed by atoms with van der Waals surface area (Å²) in [7, 11) is 1.78. The summed E-state index contributed by atoms with van der Waals surface area (Å²) in [5.74, 6) is 0.600. The standard InChI is InChI=1S/C14H20N2OS/c1-10-7-8-16(9-13(10)17-2)12-6-4-3-5-11(12)14(15)18/h3-6,10,13H,7-9H2,1-2H3,(H2,15,18). The molecule has 1 saturated heterocycles. The first kappa shape index (κ1) is 13.3. The van der Waals surface area contributed by atoms with Crippen LogP contribution in [0.3, 0.4) is 0 Å². The molecule has 18 heavy (non-hydrogen) atoms. The Bertz CT molecular complexity index is 436. The minimum atomic E-state index is 0.276. The molecule has 3 nitrogen and oxygen atoms in total. The van der Waals surface area contributed by atoms with Gasteiger partial charge in [0.05, 0.1) is 6.10 Å². The number of rotatable bonds is 3. The third-order valence-electron chi connectivity index (χ3n) is 3.70. The lowest BCUT2D eigenvalue weighted by Gasteiger charge is -2.38. The first-order valence-electron chi connectivity index (χ1n) is 6.30. The summed E-state index contributed by atoms with van der Waals surface area (Å²) >= 11 is 5.12. The molecule has 2 unspecified atom stereocenters. The molecule has 1 fully saturated rings. The molecule has 1 aromatic rings. The zero-order chi connectivity index (χ0) is 13.1. The zero-order valence-corrected chi connectivity index (χ0v) is 11.7. The number of ether oxygens (including phenoxy) is 1. The molecule has 0 radical (unpaired) electrons. The summed E-state index contributed by atoms with van der Waals surface area (Å²) in [6.45, 7) is 4.17. The van der Waals surface area contributed by atoms with Gasteiger partial charge in [0.2, 0.25) is 0 Å². The molecule has 2 N–H and O–H groups in total. The van der Waals surface area contributed by atoms with Gasteiger partial charge in [-0.1, -0.05) is 31.3 Å². The SMILES string of the molecule is COC1CN(c2ccccc2C(N)=S)CCC1C. The van der Waals surface area contributed by atoms with Gasteiger partial charge in [0.25, 0.3) is 0 Å². The lowest BCUT2D eigenvalue weighted by molar-refractivity contribution is 0.0498. The van der Waals surface area contributed by atoms with Crippen molar-refractivity contribution in [2.45, 2.75) is 19.4 Å². The van der Waals surface area contributed by atoms with Crippen LogP contribution in [-0.2, 0) is 4.74 Å². The summed E-state index contributed by atoms with van der Waals surface area (Å²) in [5.41, 5.74) is 7.87. The summed E-state index contributed by atoms with van der Waals surface area (Å²) in [4.78, 5) is 2.78. The highest BCUT2D eigenvalue weighted by molar-refractivity contribution is 7.80. The fourth-order valence-corrected chi connectivity index (χ4v) is 2.69. The van der Waals surface area contributed by atoms with Crippen molar-refractivity contribution in [1.82, 2.24) is 0 Å². The second-order valence-electron chi connectivity index (χ2n) is 4.87. The van der Waals surface area contributed by atoms with E-state index in [0.29, 0.717) is 10.9 Å². The van der Waals surface area contributed by atoms with Crippen molar-refractivity contribution in [2.24, 2.45) is 11.7 Å². The Balaban J connectivity index is 2.24. The van der Waals surface area contributed by atoms with Gasteiger partial charge >= 0.3 is 0 Å². The number of piperidine rings is 1. The number of hydrogen-bond acceptors (Lipinski definition) is 3. The molecule has 0 saturated carbocycles. The van der Waals surface area contributed by atoms with Gasteiger partial charge in [-0.2, -0.15) is 0 Å². The maximum absolute atomic E-state index is 5.79. The van der Waals surface area contributed by atoms with Crippen molar-refractivity contribution in [2.75, 3.05) is 25.1 Å².